The summed E-state index contributed by atoms with van der Waals surface area (Å²) in [5.41, 5.74) is 2.67. The number of carbonyl (C=O) groups is 5. The Kier molecular flexibility index (Phi) is 23.0. The first-order valence-electron chi connectivity index (χ1n) is 22.8. The molecule has 0 saturated carbocycles. The number of rotatable bonds is 27. The zero-order valence-electron chi connectivity index (χ0n) is 38.2. The van der Waals surface area contributed by atoms with E-state index >= 15 is 0 Å². The summed E-state index contributed by atoms with van der Waals surface area (Å²) < 4.78 is 5.43. The van der Waals surface area contributed by atoms with Crippen LogP contribution in [0.1, 0.15) is 126 Å². The highest BCUT2D eigenvalue weighted by molar-refractivity contribution is 8.00. The average Bonchev–Trinajstić information content (AvgIpc) is 3.77. The first-order chi connectivity index (χ1) is 29.1. The summed E-state index contributed by atoms with van der Waals surface area (Å²) in [4.78, 5) is 61.3. The number of hydrogen-bond donors (Lipinski definition) is 5. The number of aliphatic hydroxyl groups is 1. The van der Waals surface area contributed by atoms with E-state index in [-0.39, 0.29) is 65.5 Å². The number of aliphatic hydroxyl groups excluding tert-OH is 1. The summed E-state index contributed by atoms with van der Waals surface area (Å²) in [7, 11) is 0. The Morgan fingerprint density at radius 2 is 1.70 bits per heavy atom. The summed E-state index contributed by atoms with van der Waals surface area (Å²) in [5.74, 6) is 0.241. The van der Waals surface area contributed by atoms with Gasteiger partial charge in [0.25, 0.3) is 0 Å². The normalized spacial score (nSPS) is 24.5. The monoisotopic (exact) mass is 865 g/mol. The molecule has 11 nitrogen and oxygen atoms in total. The van der Waals surface area contributed by atoms with Crippen molar-refractivity contribution < 1.29 is 33.8 Å². The minimum Gasteiger partial charge on any atom is -0.454 e. The largest absolute Gasteiger partial charge is 0.454 e. The minimum absolute atomic E-state index is 0.0541. The van der Waals surface area contributed by atoms with E-state index in [1.54, 1.807) is 13.0 Å². The van der Waals surface area contributed by atoms with Crippen LogP contribution in [0.3, 0.4) is 0 Å². The van der Waals surface area contributed by atoms with Crippen molar-refractivity contribution in [2.24, 2.45) is 29.6 Å². The lowest BCUT2D eigenvalue weighted by molar-refractivity contribution is -0.143. The number of cyclic esters (lactones) is 1. The van der Waals surface area contributed by atoms with E-state index in [2.05, 4.69) is 59.4 Å². The third-order valence-corrected chi connectivity index (χ3v) is 13.4. The third-order valence-electron chi connectivity index (χ3n) is 11.9. The van der Waals surface area contributed by atoms with Crippen molar-refractivity contribution in [1.29, 1.82) is 0 Å². The van der Waals surface area contributed by atoms with Crippen molar-refractivity contribution in [2.45, 2.75) is 156 Å². The summed E-state index contributed by atoms with van der Waals surface area (Å²) in [6, 6.07) is 0.387. The molecule has 3 rings (SSSR count). The van der Waals surface area contributed by atoms with Gasteiger partial charge in [-0.05, 0) is 88.2 Å². The van der Waals surface area contributed by atoms with Crippen LogP contribution in [0.25, 0.3) is 0 Å². The molecule has 61 heavy (non-hydrogen) atoms. The van der Waals surface area contributed by atoms with E-state index in [9.17, 15) is 29.1 Å². The summed E-state index contributed by atoms with van der Waals surface area (Å²) >= 11 is 1.90. The Morgan fingerprint density at radius 3 is 2.43 bits per heavy atom. The molecule has 3 aliphatic rings. The van der Waals surface area contributed by atoms with Gasteiger partial charge in [-0.1, -0.05) is 108 Å². The molecule has 3 aliphatic heterocycles. The standard InChI is InChI=1S/C49H76N4O7S/c1-9-39(22-23-41-35(5)21-24-45(56)60-41)29-33(3)18-16-17-32(2)27-36(6)47(57)38(8)48(58)37(7)28-34(4)30-44(55)51-26-15-11-10-14-25-50-43(54)20-13-12-19-42-46-40(31-61-42)52-49(59)53-46/h16-17,21-24,27,29-30,32-33,35,37-38,40-42,46,48,58H,9-15,18-20,25-26,28,31H2,1-8H3,(H,50,54)(H,51,55)(H2,52,53,59)/b17-16+,23-22?,34-30?,36-27?,39-29?/t32?,33-,35+,37+,38-,40+,41+,42-,46+,48-/m1/s1. The van der Waals surface area contributed by atoms with Crippen molar-refractivity contribution in [2.75, 3.05) is 18.8 Å². The fourth-order valence-electron chi connectivity index (χ4n) is 8.19. The molecule has 0 aromatic carbocycles. The van der Waals surface area contributed by atoms with Gasteiger partial charge in [0.05, 0.1) is 18.2 Å². The molecule has 4 amide bonds. The number of allylic oxidation sites excluding steroid dienone is 8. The highest BCUT2D eigenvalue weighted by atomic mass is 32.2. The molecule has 0 bridgehead atoms. The summed E-state index contributed by atoms with van der Waals surface area (Å²) in [5, 5.41) is 23.5. The van der Waals surface area contributed by atoms with Crippen LogP contribution in [0.2, 0.25) is 0 Å². The zero-order chi connectivity index (χ0) is 44.9. The van der Waals surface area contributed by atoms with Crippen LogP contribution in [0.4, 0.5) is 4.79 Å². The van der Waals surface area contributed by atoms with Crippen LogP contribution in [0.15, 0.2) is 71.4 Å². The lowest BCUT2D eigenvalue weighted by atomic mass is 9.84. The second kappa shape index (κ2) is 27.2. The number of unbranched alkanes of at least 4 members (excludes halogenated alkanes) is 4. The van der Waals surface area contributed by atoms with E-state index < -0.39 is 12.0 Å². The Bertz CT molecular complexity index is 1650. The summed E-state index contributed by atoms with van der Waals surface area (Å²) in [6.07, 6.45) is 25.6. The van der Waals surface area contributed by atoms with Crippen LogP contribution >= 0.6 is 11.8 Å². The number of Topliss-reactive ketones (excluding diaryl/α,β-unsaturated/α-hetero) is 1. The predicted octanol–water partition coefficient (Wildman–Crippen LogP) is 8.22. The van der Waals surface area contributed by atoms with Crippen LogP contribution in [-0.4, -0.2) is 83.1 Å². The number of thioether (sulfide) groups is 1. The van der Waals surface area contributed by atoms with Gasteiger partial charge < -0.3 is 31.1 Å². The first-order valence-corrected chi connectivity index (χ1v) is 23.9. The van der Waals surface area contributed by atoms with E-state index in [0.29, 0.717) is 42.7 Å². The van der Waals surface area contributed by atoms with Crippen molar-refractivity contribution in [3.05, 3.63) is 71.4 Å². The molecule has 0 spiro atoms. The van der Waals surface area contributed by atoms with Gasteiger partial charge in [0, 0.05) is 54.5 Å². The first kappa shape index (κ1) is 51.5. The average molecular weight is 865 g/mol. The number of fused-ring (bicyclic) bond motifs is 1. The highest BCUT2D eigenvalue weighted by Gasteiger charge is 2.42. The minimum atomic E-state index is -0.845. The van der Waals surface area contributed by atoms with Gasteiger partial charge in [0.1, 0.15) is 6.10 Å². The van der Waals surface area contributed by atoms with Crippen molar-refractivity contribution in [3.63, 3.8) is 0 Å². The maximum atomic E-state index is 13.3. The van der Waals surface area contributed by atoms with Crippen LogP contribution < -0.4 is 21.3 Å². The topological polar surface area (TPSA) is 163 Å². The molecule has 0 aromatic rings. The van der Waals surface area contributed by atoms with Gasteiger partial charge in [-0.15, -0.1) is 0 Å². The van der Waals surface area contributed by atoms with E-state index in [4.69, 9.17) is 4.74 Å². The van der Waals surface area contributed by atoms with Gasteiger partial charge >= 0.3 is 12.0 Å². The molecule has 2 saturated heterocycles. The molecule has 340 valence electrons. The molecule has 2 fully saturated rings. The van der Waals surface area contributed by atoms with E-state index in [1.807, 2.05) is 64.6 Å². The number of ether oxygens (including phenoxy) is 1. The molecular weight excluding hydrogens is 789 g/mol. The number of urea groups is 1. The van der Waals surface area contributed by atoms with Gasteiger partial charge in [0.15, 0.2) is 5.78 Å². The second-order valence-electron chi connectivity index (χ2n) is 17.7. The molecule has 12 heteroatoms. The molecule has 5 N–H and O–H groups in total. The maximum absolute atomic E-state index is 13.3. The lowest BCUT2D eigenvalue weighted by Crippen LogP contribution is -2.36. The van der Waals surface area contributed by atoms with Crippen LogP contribution in [-0.2, 0) is 23.9 Å². The van der Waals surface area contributed by atoms with Crippen LogP contribution in [0, 0.1) is 29.6 Å². The predicted molar refractivity (Wildman–Crippen MR) is 248 cm³/mol. The highest BCUT2D eigenvalue weighted by Crippen LogP contribution is 2.33. The quantitative estimate of drug-likeness (QED) is 0.0138. The number of ketones is 1. The van der Waals surface area contributed by atoms with Crippen molar-refractivity contribution in [3.8, 4) is 0 Å². The van der Waals surface area contributed by atoms with Gasteiger partial charge in [-0.3, -0.25) is 14.4 Å². The Labute approximate surface area is 370 Å². The molecule has 1 unspecified atom stereocenters. The van der Waals surface area contributed by atoms with E-state index in [1.165, 1.54) is 11.6 Å². The maximum Gasteiger partial charge on any atom is 0.331 e. The number of amides is 4. The zero-order valence-corrected chi connectivity index (χ0v) is 39.0. The Morgan fingerprint density at radius 1 is 0.984 bits per heavy atom. The molecule has 0 aliphatic carbocycles. The third kappa shape index (κ3) is 18.9. The molecule has 0 aromatic heterocycles. The molecule has 3 heterocycles. The summed E-state index contributed by atoms with van der Waals surface area (Å²) in [6.45, 7) is 17.0. The number of nitrogens with one attached hydrogen (secondary N) is 4. The van der Waals surface area contributed by atoms with Gasteiger partial charge in [-0.2, -0.15) is 11.8 Å². The SMILES string of the molecule is CCC(C=C[C@@H]1OC(=O)C=C[C@@H]1C)=C[C@H](C)C/C=C/C(C)C=C(C)C(=O)[C@@H](C)[C@H](O)[C@@H](C)CC(C)=CC(=O)NCCCCCCNC(=O)CCCC[C@H]1SC[C@@H]2NC(=O)N[C@@H]21. The molecule has 10 atom stereocenters. The van der Waals surface area contributed by atoms with Gasteiger partial charge in [-0.25, -0.2) is 9.59 Å². The van der Waals surface area contributed by atoms with Crippen LogP contribution in [0.5, 0.6) is 0 Å². The Balaban J connectivity index is 1.26. The lowest BCUT2D eigenvalue weighted by Gasteiger charge is -2.24. The number of hydrogen-bond acceptors (Lipinski definition) is 8. The fraction of sp³-hybridized carbons (Fsp3) is 0.653. The second-order valence-corrected chi connectivity index (χ2v) is 18.9. The van der Waals surface area contributed by atoms with Gasteiger partial charge in [0.2, 0.25) is 11.8 Å². The molecule has 0 radical (unpaired) electrons. The smallest absolute Gasteiger partial charge is 0.331 e. The Hall–Kier alpha value is -3.90. The van der Waals surface area contributed by atoms with Crippen molar-refractivity contribution in [1.82, 2.24) is 21.3 Å². The molecular formula is C49H76N4O7S. The van der Waals surface area contributed by atoms with Crippen molar-refractivity contribution >= 4 is 41.4 Å². The number of esters is 1. The number of carbonyl (C=O) groups excluding carboxylic acids is 5. The van der Waals surface area contributed by atoms with E-state index in [0.717, 1.165) is 69.1 Å². The fourth-order valence-corrected chi connectivity index (χ4v) is 9.74.